The third kappa shape index (κ3) is 3.76. The van der Waals surface area contributed by atoms with Gasteiger partial charge in [0.05, 0.1) is 12.8 Å². The number of carboxylic acid groups (broad SMARTS) is 1. The molecular weight excluding hydrogens is 292 g/mol. The number of hydrogen-bond acceptors (Lipinski definition) is 2. The maximum Gasteiger partial charge on any atom is 0.305 e. The van der Waals surface area contributed by atoms with Crippen LogP contribution in [0.3, 0.4) is 0 Å². The first-order chi connectivity index (χ1) is 10.0. The minimum absolute atomic E-state index is 0.0424. The maximum absolute atomic E-state index is 12.3. The second kappa shape index (κ2) is 6.63. The van der Waals surface area contributed by atoms with Crippen molar-refractivity contribution in [2.45, 2.75) is 19.8 Å². The molecule has 1 aromatic heterocycles. The number of halogens is 1. The molecule has 2 aromatic rings. The van der Waals surface area contributed by atoms with Gasteiger partial charge in [0.2, 0.25) is 5.91 Å². The second-order valence-electron chi connectivity index (χ2n) is 4.80. The highest BCUT2D eigenvalue weighted by molar-refractivity contribution is 6.31. The summed E-state index contributed by atoms with van der Waals surface area (Å²) in [7, 11) is 0. The number of nitrogens with one attached hydrogen (secondary N) is 1. The number of fused-ring (bicyclic) bond motifs is 1. The quantitative estimate of drug-likeness (QED) is 0.861. The van der Waals surface area contributed by atoms with Crippen molar-refractivity contribution in [3.8, 4) is 0 Å². The van der Waals surface area contributed by atoms with Crippen LogP contribution in [-0.2, 0) is 16.0 Å². The van der Waals surface area contributed by atoms with Crippen molar-refractivity contribution in [1.82, 2.24) is 9.88 Å². The number of carboxylic acids is 1. The van der Waals surface area contributed by atoms with Crippen molar-refractivity contribution in [3.63, 3.8) is 0 Å². The number of rotatable bonds is 6. The number of benzene rings is 1. The number of likely N-dealkylation sites (N-methyl/N-ethyl adjacent to an activating group) is 1. The molecule has 0 bridgehead atoms. The molecule has 21 heavy (non-hydrogen) atoms. The van der Waals surface area contributed by atoms with Crippen LogP contribution >= 0.6 is 11.6 Å². The summed E-state index contributed by atoms with van der Waals surface area (Å²) in [6.07, 6.45) is 1.98. The van der Waals surface area contributed by atoms with E-state index in [0.29, 0.717) is 11.6 Å². The number of nitrogens with zero attached hydrogens (tertiary/aromatic N) is 1. The van der Waals surface area contributed by atoms with Gasteiger partial charge >= 0.3 is 5.97 Å². The molecule has 112 valence electrons. The maximum atomic E-state index is 12.3. The smallest absolute Gasteiger partial charge is 0.305 e. The minimum Gasteiger partial charge on any atom is -0.481 e. The van der Waals surface area contributed by atoms with Crippen LogP contribution in [0.25, 0.3) is 10.9 Å². The molecule has 0 aliphatic carbocycles. The molecule has 0 aliphatic heterocycles. The second-order valence-corrected chi connectivity index (χ2v) is 5.23. The number of carbonyl (C=O) groups excluding carboxylic acids is 1. The molecule has 0 saturated heterocycles. The van der Waals surface area contributed by atoms with Crippen LogP contribution in [0, 0.1) is 0 Å². The number of hydrogen-bond donors (Lipinski definition) is 2. The van der Waals surface area contributed by atoms with Gasteiger partial charge in [-0.05, 0) is 30.7 Å². The highest BCUT2D eigenvalue weighted by Crippen LogP contribution is 2.23. The minimum atomic E-state index is -0.903. The molecule has 2 rings (SSSR count). The monoisotopic (exact) mass is 308 g/mol. The van der Waals surface area contributed by atoms with Gasteiger partial charge in [-0.2, -0.15) is 0 Å². The molecule has 1 amide bonds. The van der Waals surface area contributed by atoms with E-state index in [2.05, 4.69) is 4.98 Å². The van der Waals surface area contributed by atoms with E-state index in [0.717, 1.165) is 16.5 Å². The summed E-state index contributed by atoms with van der Waals surface area (Å²) in [4.78, 5) is 27.5. The molecule has 0 radical (unpaired) electrons. The number of aromatic amines is 1. The largest absolute Gasteiger partial charge is 0.481 e. The molecule has 0 atom stereocenters. The third-order valence-corrected chi connectivity index (χ3v) is 3.64. The lowest BCUT2D eigenvalue weighted by molar-refractivity contribution is -0.138. The fraction of sp³-hybridized carbons (Fsp3) is 0.333. The standard InChI is InChI=1S/C15H17ClN2O3/c1-2-18(6-5-15(20)21)14(19)7-10-9-17-13-4-3-11(16)8-12(10)13/h3-4,8-9,17H,2,5-7H2,1H3,(H,20,21). The molecule has 2 N–H and O–H groups in total. The summed E-state index contributed by atoms with van der Waals surface area (Å²) in [5.41, 5.74) is 1.79. The van der Waals surface area contributed by atoms with Gasteiger partial charge in [-0.3, -0.25) is 9.59 Å². The number of aliphatic carboxylic acids is 1. The zero-order valence-corrected chi connectivity index (χ0v) is 12.5. The van der Waals surface area contributed by atoms with Crippen LogP contribution in [0.4, 0.5) is 0 Å². The SMILES string of the molecule is CCN(CCC(=O)O)C(=O)Cc1c[nH]c2ccc(Cl)cc12. The summed E-state index contributed by atoms with van der Waals surface area (Å²) >= 11 is 5.98. The Hall–Kier alpha value is -2.01. The molecular formula is C15H17ClN2O3. The van der Waals surface area contributed by atoms with Gasteiger partial charge in [0, 0.05) is 35.2 Å². The van der Waals surface area contributed by atoms with Crippen molar-refractivity contribution >= 4 is 34.4 Å². The third-order valence-electron chi connectivity index (χ3n) is 3.40. The average Bonchev–Trinajstić information content (AvgIpc) is 2.81. The highest BCUT2D eigenvalue weighted by Gasteiger charge is 2.15. The molecule has 0 fully saturated rings. The van der Waals surface area contributed by atoms with Crippen LogP contribution in [0.5, 0.6) is 0 Å². The van der Waals surface area contributed by atoms with Crippen molar-refractivity contribution in [3.05, 3.63) is 35.0 Å². The number of H-pyrrole nitrogens is 1. The van der Waals surface area contributed by atoms with Gasteiger partial charge in [-0.25, -0.2) is 0 Å². The fourth-order valence-corrected chi connectivity index (χ4v) is 2.43. The number of carbonyl (C=O) groups is 2. The predicted molar refractivity (Wildman–Crippen MR) is 81.5 cm³/mol. The molecule has 6 heteroatoms. The van der Waals surface area contributed by atoms with Crippen LogP contribution in [-0.4, -0.2) is 40.0 Å². The first-order valence-electron chi connectivity index (χ1n) is 6.76. The Morgan fingerprint density at radius 3 is 2.81 bits per heavy atom. The molecule has 5 nitrogen and oxygen atoms in total. The van der Waals surface area contributed by atoms with Crippen LogP contribution in [0.1, 0.15) is 18.9 Å². The zero-order chi connectivity index (χ0) is 15.4. The summed E-state index contributed by atoms with van der Waals surface area (Å²) in [5, 5.41) is 10.3. The molecule has 0 unspecified atom stereocenters. The van der Waals surface area contributed by atoms with Crippen molar-refractivity contribution in [1.29, 1.82) is 0 Å². The van der Waals surface area contributed by atoms with Crippen molar-refractivity contribution < 1.29 is 14.7 Å². The van der Waals surface area contributed by atoms with E-state index in [1.165, 1.54) is 0 Å². The Labute approximate surface area is 127 Å². The topological polar surface area (TPSA) is 73.4 Å². The van der Waals surface area contributed by atoms with Crippen LogP contribution < -0.4 is 0 Å². The first kappa shape index (κ1) is 15.4. The normalized spacial score (nSPS) is 10.8. The van der Waals surface area contributed by atoms with E-state index in [1.54, 1.807) is 17.2 Å². The fourth-order valence-electron chi connectivity index (χ4n) is 2.26. The van der Waals surface area contributed by atoms with Crippen LogP contribution in [0.15, 0.2) is 24.4 Å². The summed E-state index contributed by atoms with van der Waals surface area (Å²) in [5.74, 6) is -0.986. The lowest BCUT2D eigenvalue weighted by Crippen LogP contribution is -2.33. The summed E-state index contributed by atoms with van der Waals surface area (Å²) in [6.45, 7) is 2.56. The Morgan fingerprint density at radius 2 is 2.14 bits per heavy atom. The van der Waals surface area contributed by atoms with Crippen LogP contribution in [0.2, 0.25) is 5.02 Å². The Balaban J connectivity index is 2.13. The molecule has 0 saturated carbocycles. The predicted octanol–water partition coefficient (Wildman–Crippen LogP) is 2.69. The van der Waals surface area contributed by atoms with Gasteiger partial charge in [0.15, 0.2) is 0 Å². The Bertz CT molecular complexity index is 666. The van der Waals surface area contributed by atoms with E-state index < -0.39 is 5.97 Å². The van der Waals surface area contributed by atoms with Gasteiger partial charge in [-0.15, -0.1) is 0 Å². The van der Waals surface area contributed by atoms with E-state index in [4.69, 9.17) is 16.7 Å². The first-order valence-corrected chi connectivity index (χ1v) is 7.14. The Kier molecular flexibility index (Phi) is 4.85. The summed E-state index contributed by atoms with van der Waals surface area (Å²) in [6, 6.07) is 5.48. The number of amides is 1. The number of aromatic nitrogens is 1. The lowest BCUT2D eigenvalue weighted by Gasteiger charge is -2.19. The zero-order valence-electron chi connectivity index (χ0n) is 11.7. The van der Waals surface area contributed by atoms with Crippen molar-refractivity contribution in [2.24, 2.45) is 0 Å². The molecule has 1 aromatic carbocycles. The molecule has 0 aliphatic rings. The summed E-state index contributed by atoms with van der Waals surface area (Å²) < 4.78 is 0. The lowest BCUT2D eigenvalue weighted by atomic mass is 10.1. The molecule has 0 spiro atoms. The van der Waals surface area contributed by atoms with E-state index in [-0.39, 0.29) is 25.3 Å². The van der Waals surface area contributed by atoms with Gasteiger partial charge < -0.3 is 15.0 Å². The average molecular weight is 309 g/mol. The van der Waals surface area contributed by atoms with E-state index >= 15 is 0 Å². The van der Waals surface area contributed by atoms with E-state index in [1.807, 2.05) is 19.1 Å². The van der Waals surface area contributed by atoms with Gasteiger partial charge in [0.25, 0.3) is 0 Å². The molecule has 1 heterocycles. The van der Waals surface area contributed by atoms with Gasteiger partial charge in [0.1, 0.15) is 0 Å². The van der Waals surface area contributed by atoms with E-state index in [9.17, 15) is 9.59 Å². The van der Waals surface area contributed by atoms with Gasteiger partial charge in [-0.1, -0.05) is 11.6 Å². The van der Waals surface area contributed by atoms with Crippen molar-refractivity contribution in [2.75, 3.05) is 13.1 Å². The Morgan fingerprint density at radius 1 is 1.38 bits per heavy atom. The highest BCUT2D eigenvalue weighted by atomic mass is 35.5.